The summed E-state index contributed by atoms with van der Waals surface area (Å²) >= 11 is 0. The predicted octanol–water partition coefficient (Wildman–Crippen LogP) is 3.48. The van der Waals surface area contributed by atoms with Crippen molar-refractivity contribution in [1.29, 1.82) is 0 Å². The van der Waals surface area contributed by atoms with Crippen molar-refractivity contribution in [3.8, 4) is 6.01 Å². The molecule has 2 saturated heterocycles. The van der Waals surface area contributed by atoms with Crippen LogP contribution in [0.3, 0.4) is 0 Å². The summed E-state index contributed by atoms with van der Waals surface area (Å²) in [6.45, 7) is 4.46. The van der Waals surface area contributed by atoms with Crippen molar-refractivity contribution in [2.75, 3.05) is 31.2 Å². The molecule has 2 aromatic rings. The molecule has 2 unspecified atom stereocenters. The number of carbonyl (C=O) groups excluding carboxylic acids is 1. The number of aromatic nitrogens is 2. The summed E-state index contributed by atoms with van der Waals surface area (Å²) in [5, 5.41) is 0.367. The predicted molar refractivity (Wildman–Crippen MR) is 104 cm³/mol. The maximum Gasteiger partial charge on any atom is 0.319 e. The molecule has 2 aliphatic carbocycles. The lowest BCUT2D eigenvalue weighted by atomic mass is 9.84. The van der Waals surface area contributed by atoms with E-state index in [2.05, 4.69) is 21.8 Å². The number of hydrogen-bond donors (Lipinski definition) is 0. The van der Waals surface area contributed by atoms with Crippen LogP contribution in [0.4, 0.5) is 14.6 Å². The molecule has 2 saturated carbocycles. The van der Waals surface area contributed by atoms with E-state index in [1.807, 2.05) is 0 Å². The van der Waals surface area contributed by atoms with E-state index in [-0.39, 0.29) is 40.9 Å². The van der Waals surface area contributed by atoms with Crippen molar-refractivity contribution >= 4 is 22.7 Å². The number of ether oxygens (including phenoxy) is 2. The van der Waals surface area contributed by atoms with Gasteiger partial charge in [0.2, 0.25) is 0 Å². The number of piperidine rings is 1. The van der Waals surface area contributed by atoms with Gasteiger partial charge in [0.1, 0.15) is 30.4 Å². The summed E-state index contributed by atoms with van der Waals surface area (Å²) < 4.78 is 39.6. The zero-order valence-corrected chi connectivity index (χ0v) is 16.8. The van der Waals surface area contributed by atoms with Crippen molar-refractivity contribution in [1.82, 2.24) is 9.97 Å². The Morgan fingerprint density at radius 3 is 2.90 bits per heavy atom. The maximum absolute atomic E-state index is 14.6. The fourth-order valence-electron chi connectivity index (χ4n) is 5.74. The second kappa shape index (κ2) is 6.02. The van der Waals surface area contributed by atoms with Gasteiger partial charge in [-0.25, -0.2) is 8.78 Å². The molecule has 6 nitrogen and oxygen atoms in total. The Hall–Kier alpha value is -2.51. The van der Waals surface area contributed by atoms with Crippen LogP contribution in [-0.2, 0) is 9.53 Å². The van der Waals surface area contributed by atoms with E-state index < -0.39 is 11.6 Å². The van der Waals surface area contributed by atoms with E-state index in [0.717, 1.165) is 32.0 Å². The number of fused-ring (bicyclic) bond motifs is 4. The monoisotopic (exact) mass is 415 g/mol. The third kappa shape index (κ3) is 2.76. The minimum atomic E-state index is -0.730. The van der Waals surface area contributed by atoms with Gasteiger partial charge in [-0.15, -0.1) is 0 Å². The SMILES string of the molecule is C[C@@]12CC[C@H](CN(c3nc(OCC45COC(=O)C4C5)nc4c(F)cc(F)cc34)C1)C2. The van der Waals surface area contributed by atoms with Crippen LogP contribution in [0.2, 0.25) is 0 Å². The molecule has 6 rings (SSSR count). The number of esters is 1. The number of nitrogens with zero attached hydrogens (tertiary/aromatic N) is 3. The molecule has 3 heterocycles. The first-order valence-electron chi connectivity index (χ1n) is 10.6. The van der Waals surface area contributed by atoms with E-state index >= 15 is 0 Å². The van der Waals surface area contributed by atoms with Gasteiger partial charge >= 0.3 is 12.0 Å². The molecule has 0 spiro atoms. The Morgan fingerprint density at radius 1 is 1.30 bits per heavy atom. The van der Waals surface area contributed by atoms with Crippen LogP contribution in [0.15, 0.2) is 12.1 Å². The molecular weight excluding hydrogens is 392 g/mol. The molecule has 0 amide bonds. The van der Waals surface area contributed by atoms with Crippen LogP contribution in [0.25, 0.3) is 10.9 Å². The number of hydrogen-bond acceptors (Lipinski definition) is 6. The highest BCUT2D eigenvalue weighted by atomic mass is 19.1. The molecule has 30 heavy (non-hydrogen) atoms. The Bertz CT molecular complexity index is 1080. The fraction of sp³-hybridized carbons (Fsp3) is 0.591. The number of anilines is 1. The van der Waals surface area contributed by atoms with Gasteiger partial charge in [-0.3, -0.25) is 4.79 Å². The van der Waals surface area contributed by atoms with Crippen LogP contribution in [-0.4, -0.2) is 42.2 Å². The molecule has 0 N–H and O–H groups in total. The molecule has 4 aliphatic rings. The van der Waals surface area contributed by atoms with Gasteiger partial charge < -0.3 is 14.4 Å². The summed E-state index contributed by atoms with van der Waals surface area (Å²) in [5.74, 6) is -0.602. The first-order chi connectivity index (χ1) is 14.3. The standard InChI is InChI=1S/C22H23F2N3O3/c1-21-3-2-12(6-21)8-27(9-21)18-14-4-13(23)5-16(24)17(14)25-20(26-18)30-11-22-7-15(22)19(28)29-10-22/h4-5,12,15H,2-3,6-11H2,1H3/t12-,15?,21-,22?/m0/s1. The smallest absolute Gasteiger partial charge is 0.319 e. The first-order valence-corrected chi connectivity index (χ1v) is 10.6. The Morgan fingerprint density at radius 2 is 2.17 bits per heavy atom. The molecule has 0 radical (unpaired) electrons. The van der Waals surface area contributed by atoms with Gasteiger partial charge in [0.25, 0.3) is 0 Å². The largest absolute Gasteiger partial charge is 0.465 e. The number of rotatable bonds is 4. The van der Waals surface area contributed by atoms with Crippen LogP contribution in [0.1, 0.15) is 32.6 Å². The van der Waals surface area contributed by atoms with Crippen LogP contribution in [0.5, 0.6) is 6.01 Å². The van der Waals surface area contributed by atoms with E-state index in [1.165, 1.54) is 18.9 Å². The molecule has 2 aliphatic heterocycles. The van der Waals surface area contributed by atoms with Gasteiger partial charge in [0.05, 0.1) is 11.3 Å². The number of carbonyl (C=O) groups is 1. The minimum Gasteiger partial charge on any atom is -0.465 e. The summed E-state index contributed by atoms with van der Waals surface area (Å²) in [7, 11) is 0. The zero-order chi connectivity index (χ0) is 20.7. The Kier molecular flexibility index (Phi) is 3.66. The van der Waals surface area contributed by atoms with Crippen LogP contribution < -0.4 is 9.64 Å². The van der Waals surface area contributed by atoms with Gasteiger partial charge in [-0.2, -0.15) is 9.97 Å². The van der Waals surface area contributed by atoms with Crippen LogP contribution in [0, 0.1) is 34.3 Å². The van der Waals surface area contributed by atoms with E-state index in [1.54, 1.807) is 0 Å². The average Bonchev–Trinajstić information content (AvgIpc) is 3.25. The lowest BCUT2D eigenvalue weighted by Crippen LogP contribution is -2.42. The van der Waals surface area contributed by atoms with E-state index in [0.29, 0.717) is 23.7 Å². The average molecular weight is 415 g/mol. The van der Waals surface area contributed by atoms with Crippen molar-refractivity contribution in [2.45, 2.75) is 32.6 Å². The maximum atomic E-state index is 14.6. The summed E-state index contributed by atoms with van der Waals surface area (Å²) in [4.78, 5) is 22.6. The molecule has 4 atom stereocenters. The van der Waals surface area contributed by atoms with Crippen molar-refractivity contribution < 1.29 is 23.0 Å². The second-order valence-corrected chi connectivity index (χ2v) is 9.93. The number of benzene rings is 1. The minimum absolute atomic E-state index is 0.0584. The third-order valence-electron chi connectivity index (χ3n) is 7.43. The van der Waals surface area contributed by atoms with Crippen molar-refractivity contribution in [3.63, 3.8) is 0 Å². The topological polar surface area (TPSA) is 64.6 Å². The first kappa shape index (κ1) is 18.3. The van der Waals surface area contributed by atoms with E-state index in [9.17, 15) is 13.6 Å². The number of halogens is 2. The quantitative estimate of drug-likeness (QED) is 0.713. The zero-order valence-electron chi connectivity index (χ0n) is 16.8. The lowest BCUT2D eigenvalue weighted by Gasteiger charge is -2.39. The molecule has 1 aromatic heterocycles. The van der Waals surface area contributed by atoms with E-state index in [4.69, 9.17) is 9.47 Å². The Balaban J connectivity index is 1.37. The molecule has 2 bridgehead atoms. The fourth-order valence-corrected chi connectivity index (χ4v) is 5.74. The third-order valence-corrected chi connectivity index (χ3v) is 7.43. The summed E-state index contributed by atoms with van der Waals surface area (Å²) in [6, 6.07) is 2.20. The highest BCUT2D eigenvalue weighted by Gasteiger charge is 2.65. The van der Waals surface area contributed by atoms with Gasteiger partial charge in [-0.1, -0.05) is 6.92 Å². The second-order valence-electron chi connectivity index (χ2n) is 9.93. The molecule has 1 aromatic carbocycles. The summed E-state index contributed by atoms with van der Waals surface area (Å²) in [6.07, 6.45) is 4.23. The van der Waals surface area contributed by atoms with Gasteiger partial charge in [0.15, 0.2) is 5.82 Å². The molecule has 4 fully saturated rings. The number of cyclic esters (lactones) is 1. The molecular formula is C22H23F2N3O3. The van der Waals surface area contributed by atoms with Crippen molar-refractivity contribution in [2.24, 2.45) is 22.7 Å². The molecule has 8 heteroatoms. The normalized spacial score (nSPS) is 34.2. The highest BCUT2D eigenvalue weighted by molar-refractivity contribution is 5.90. The summed E-state index contributed by atoms with van der Waals surface area (Å²) in [5.41, 5.74) is -0.0632. The van der Waals surface area contributed by atoms with Gasteiger partial charge in [0, 0.05) is 24.5 Å². The lowest BCUT2D eigenvalue weighted by molar-refractivity contribution is -0.141. The highest BCUT2D eigenvalue weighted by Crippen LogP contribution is 2.57. The Labute approximate surface area is 172 Å². The van der Waals surface area contributed by atoms with Crippen LogP contribution >= 0.6 is 0 Å². The van der Waals surface area contributed by atoms with Crippen molar-refractivity contribution in [3.05, 3.63) is 23.8 Å². The molecule has 158 valence electrons. The van der Waals surface area contributed by atoms with Gasteiger partial charge in [-0.05, 0) is 43.1 Å².